The van der Waals surface area contributed by atoms with Crippen molar-refractivity contribution in [3.8, 4) is 66.8 Å². The highest BCUT2D eigenvalue weighted by Gasteiger charge is 2.27. The molecule has 2 heterocycles. The van der Waals surface area contributed by atoms with Crippen molar-refractivity contribution in [2.45, 2.75) is 0 Å². The Hall–Kier alpha value is -6.64. The molecule has 0 N–H and O–H groups in total. The molecule has 1 aliphatic carbocycles. The minimum absolute atomic E-state index is 0.890. The van der Waals surface area contributed by atoms with Crippen LogP contribution < -0.4 is 0 Å². The molecule has 0 saturated carbocycles. The van der Waals surface area contributed by atoms with E-state index in [2.05, 4.69) is 158 Å². The van der Waals surface area contributed by atoms with Gasteiger partial charge in [0.15, 0.2) is 0 Å². The number of hydrogen-bond acceptors (Lipinski definition) is 2. The van der Waals surface area contributed by atoms with E-state index in [0.717, 1.165) is 66.1 Å². The molecule has 0 fully saturated rings. The van der Waals surface area contributed by atoms with Crippen molar-refractivity contribution in [3.05, 3.63) is 170 Å². The zero-order valence-corrected chi connectivity index (χ0v) is 27.0. The molecule has 0 atom stereocenters. The van der Waals surface area contributed by atoms with Crippen molar-refractivity contribution < 1.29 is 8.83 Å². The van der Waals surface area contributed by atoms with Gasteiger partial charge in [-0.15, -0.1) is 0 Å². The predicted molar refractivity (Wildman–Crippen MR) is 207 cm³/mol. The van der Waals surface area contributed by atoms with Gasteiger partial charge in [0.2, 0.25) is 0 Å². The zero-order valence-electron chi connectivity index (χ0n) is 27.0. The van der Waals surface area contributed by atoms with Gasteiger partial charge in [0.1, 0.15) is 22.3 Å². The van der Waals surface area contributed by atoms with Crippen LogP contribution in [-0.2, 0) is 0 Å². The highest BCUT2D eigenvalue weighted by molar-refractivity contribution is 6.15. The number of fused-ring (bicyclic) bond motifs is 14. The van der Waals surface area contributed by atoms with Gasteiger partial charge < -0.3 is 8.83 Å². The van der Waals surface area contributed by atoms with Crippen molar-refractivity contribution in [3.63, 3.8) is 0 Å². The van der Waals surface area contributed by atoms with E-state index in [1.165, 1.54) is 44.5 Å². The third-order valence-electron chi connectivity index (χ3n) is 10.5. The molecule has 8 aromatic carbocycles. The predicted octanol–water partition coefficient (Wildman–Crippen LogP) is 13.8. The second-order valence-corrected chi connectivity index (χ2v) is 13.1. The first-order valence-electron chi connectivity index (χ1n) is 17.1. The summed E-state index contributed by atoms with van der Waals surface area (Å²) in [4.78, 5) is 0. The number of benzene rings is 8. The summed E-state index contributed by atoms with van der Waals surface area (Å²) in [5, 5.41) is 4.47. The monoisotopic (exact) mass is 636 g/mol. The molecule has 0 bridgehead atoms. The Morgan fingerprint density at radius 1 is 0.260 bits per heavy atom. The van der Waals surface area contributed by atoms with Crippen molar-refractivity contribution in [1.29, 1.82) is 0 Å². The average Bonchev–Trinajstić information content (AvgIpc) is 3.76. The second-order valence-electron chi connectivity index (χ2n) is 13.1. The van der Waals surface area contributed by atoms with Crippen LogP contribution in [-0.4, -0.2) is 0 Å². The van der Waals surface area contributed by atoms with Crippen LogP contribution in [0.2, 0.25) is 0 Å². The SMILES string of the molecule is c1ccc2c(c1)-c1ccccc1-c1cc(-c3cccc4c3oc3ccccc34)cc(-c3cccc4c3oc3ccccc34)c1-c1ccccc1-2. The largest absolute Gasteiger partial charge is 0.455 e. The average molecular weight is 637 g/mol. The number of hydrogen-bond donors (Lipinski definition) is 0. The first-order valence-corrected chi connectivity index (χ1v) is 17.1. The van der Waals surface area contributed by atoms with E-state index in [4.69, 9.17) is 8.83 Å². The summed E-state index contributed by atoms with van der Waals surface area (Å²) in [7, 11) is 0. The summed E-state index contributed by atoms with van der Waals surface area (Å²) in [5.41, 5.74) is 17.6. The summed E-state index contributed by atoms with van der Waals surface area (Å²) in [5.74, 6) is 0. The molecule has 2 heteroatoms. The van der Waals surface area contributed by atoms with Crippen LogP contribution in [0.25, 0.3) is 111 Å². The third-order valence-corrected chi connectivity index (χ3v) is 10.5. The van der Waals surface area contributed by atoms with Crippen LogP contribution in [0.5, 0.6) is 0 Å². The first kappa shape index (κ1) is 27.3. The number of para-hydroxylation sites is 4. The summed E-state index contributed by atoms with van der Waals surface area (Å²) in [6, 6.07) is 60.9. The molecule has 2 aromatic heterocycles. The Kier molecular flexibility index (Phi) is 5.70. The maximum absolute atomic E-state index is 6.74. The van der Waals surface area contributed by atoms with E-state index >= 15 is 0 Å². The Bertz CT molecular complexity index is 2990. The lowest BCUT2D eigenvalue weighted by atomic mass is 9.77. The molecule has 10 aromatic rings. The normalized spacial score (nSPS) is 12.0. The van der Waals surface area contributed by atoms with E-state index in [0.29, 0.717) is 0 Å². The topological polar surface area (TPSA) is 26.3 Å². The summed E-state index contributed by atoms with van der Waals surface area (Å²) in [6.07, 6.45) is 0. The molecular weight excluding hydrogens is 609 g/mol. The van der Waals surface area contributed by atoms with Gasteiger partial charge >= 0.3 is 0 Å². The van der Waals surface area contributed by atoms with Crippen LogP contribution in [0.4, 0.5) is 0 Å². The molecule has 1 aliphatic rings. The van der Waals surface area contributed by atoms with Crippen LogP contribution in [0.3, 0.4) is 0 Å². The molecule has 0 spiro atoms. The quantitative estimate of drug-likeness (QED) is 0.189. The number of rotatable bonds is 2. The Labute approximate surface area is 288 Å². The minimum Gasteiger partial charge on any atom is -0.455 e. The van der Waals surface area contributed by atoms with E-state index in [-0.39, 0.29) is 0 Å². The summed E-state index contributed by atoms with van der Waals surface area (Å²) >= 11 is 0. The van der Waals surface area contributed by atoms with Gasteiger partial charge in [-0.1, -0.05) is 146 Å². The lowest BCUT2D eigenvalue weighted by Crippen LogP contribution is -2.00. The maximum atomic E-state index is 6.74. The molecule has 0 saturated heterocycles. The van der Waals surface area contributed by atoms with Gasteiger partial charge in [-0.05, 0) is 79.9 Å². The standard InChI is InChI=1S/C48H28O2/c1-2-14-32-31(13-1)33-15-3-4-17-35(33)42-27-29(30-21-11-22-39-36-18-7-9-25-44(36)49-47(30)39)28-43(46(42)38-20-6-5-16-34(32)38)41-24-12-23-40-37-19-8-10-26-45(37)50-48(40)41/h1-28H. The van der Waals surface area contributed by atoms with Gasteiger partial charge in [0.25, 0.3) is 0 Å². The zero-order chi connectivity index (χ0) is 32.8. The van der Waals surface area contributed by atoms with E-state index < -0.39 is 0 Å². The lowest BCUT2D eigenvalue weighted by molar-refractivity contribution is 0.670. The van der Waals surface area contributed by atoms with Crippen molar-refractivity contribution in [2.24, 2.45) is 0 Å². The highest BCUT2D eigenvalue weighted by Crippen LogP contribution is 2.53. The second kappa shape index (κ2) is 10.4. The number of furan rings is 2. The van der Waals surface area contributed by atoms with Gasteiger partial charge in [0.05, 0.1) is 0 Å². The molecule has 11 rings (SSSR count). The Morgan fingerprint density at radius 2 is 0.620 bits per heavy atom. The van der Waals surface area contributed by atoms with E-state index in [1.54, 1.807) is 0 Å². The molecule has 2 nitrogen and oxygen atoms in total. The van der Waals surface area contributed by atoms with Crippen molar-refractivity contribution in [1.82, 2.24) is 0 Å². The third kappa shape index (κ3) is 3.85. The van der Waals surface area contributed by atoms with Crippen LogP contribution in [0.15, 0.2) is 179 Å². The van der Waals surface area contributed by atoms with Crippen LogP contribution >= 0.6 is 0 Å². The maximum Gasteiger partial charge on any atom is 0.143 e. The van der Waals surface area contributed by atoms with Crippen molar-refractivity contribution in [2.75, 3.05) is 0 Å². The minimum atomic E-state index is 0.890. The Balaban J connectivity index is 1.33. The van der Waals surface area contributed by atoms with Crippen LogP contribution in [0, 0.1) is 0 Å². The molecule has 0 amide bonds. The Morgan fingerprint density at radius 3 is 1.18 bits per heavy atom. The lowest BCUT2D eigenvalue weighted by Gasteiger charge is -2.26. The van der Waals surface area contributed by atoms with Gasteiger partial charge in [-0.3, -0.25) is 0 Å². The fraction of sp³-hybridized carbons (Fsp3) is 0. The highest BCUT2D eigenvalue weighted by atomic mass is 16.3. The van der Waals surface area contributed by atoms with Crippen LogP contribution in [0.1, 0.15) is 0 Å². The molecule has 0 aliphatic heterocycles. The molecule has 0 radical (unpaired) electrons. The van der Waals surface area contributed by atoms with Crippen molar-refractivity contribution >= 4 is 43.9 Å². The molecule has 232 valence electrons. The fourth-order valence-corrected chi connectivity index (χ4v) is 8.29. The summed E-state index contributed by atoms with van der Waals surface area (Å²) < 4.78 is 13.4. The van der Waals surface area contributed by atoms with Gasteiger partial charge in [-0.2, -0.15) is 0 Å². The van der Waals surface area contributed by atoms with Gasteiger partial charge in [-0.25, -0.2) is 0 Å². The fourth-order valence-electron chi connectivity index (χ4n) is 8.29. The van der Waals surface area contributed by atoms with E-state index in [9.17, 15) is 0 Å². The molecular formula is C48H28O2. The first-order chi connectivity index (χ1) is 24.8. The smallest absolute Gasteiger partial charge is 0.143 e. The molecule has 50 heavy (non-hydrogen) atoms. The summed E-state index contributed by atoms with van der Waals surface area (Å²) in [6.45, 7) is 0. The molecule has 0 unspecified atom stereocenters. The van der Waals surface area contributed by atoms with Gasteiger partial charge in [0, 0.05) is 32.7 Å². The van der Waals surface area contributed by atoms with E-state index in [1.807, 2.05) is 12.1 Å².